The van der Waals surface area contributed by atoms with Crippen LogP contribution in [0.2, 0.25) is 0 Å². The number of carbonyl (C=O) groups is 1. The lowest BCUT2D eigenvalue weighted by Crippen LogP contribution is -2.31. The highest BCUT2D eigenvalue weighted by Crippen LogP contribution is 2.33. The second-order valence-corrected chi connectivity index (χ2v) is 10.6. The average Bonchev–Trinajstić information content (AvgIpc) is 3.49. The molecule has 1 saturated heterocycles. The van der Waals surface area contributed by atoms with Crippen LogP contribution in [0.4, 0.5) is 11.4 Å². The zero-order valence-corrected chi connectivity index (χ0v) is 20.2. The van der Waals surface area contributed by atoms with Crippen molar-refractivity contribution in [3.63, 3.8) is 0 Å². The summed E-state index contributed by atoms with van der Waals surface area (Å²) in [6.45, 7) is 6.92. The number of ether oxygens (including phenoxy) is 1. The topological polar surface area (TPSA) is 79.0 Å². The summed E-state index contributed by atoms with van der Waals surface area (Å²) in [4.78, 5) is 15.4. The maximum absolute atomic E-state index is 13.1. The first-order chi connectivity index (χ1) is 15.9. The predicted octanol–water partition coefficient (Wildman–Crippen LogP) is 4.36. The molecule has 1 amide bonds. The first-order valence-electron chi connectivity index (χ1n) is 11.9. The first kappa shape index (κ1) is 23.6. The van der Waals surface area contributed by atoms with Gasteiger partial charge in [-0.2, -0.15) is 4.31 Å². The number of nitrogens with one attached hydrogen (secondary N) is 1. The third kappa shape index (κ3) is 5.50. The van der Waals surface area contributed by atoms with E-state index in [0.29, 0.717) is 30.3 Å². The molecule has 1 aliphatic carbocycles. The molecule has 1 N–H and O–H groups in total. The first-order valence-corrected chi connectivity index (χ1v) is 13.3. The van der Waals surface area contributed by atoms with E-state index >= 15 is 0 Å². The molecule has 2 fully saturated rings. The van der Waals surface area contributed by atoms with Gasteiger partial charge in [0.15, 0.2) is 0 Å². The fourth-order valence-corrected chi connectivity index (χ4v) is 5.60. The third-order valence-electron chi connectivity index (χ3n) is 6.31. The van der Waals surface area contributed by atoms with Gasteiger partial charge in [0, 0.05) is 31.7 Å². The third-order valence-corrected chi connectivity index (χ3v) is 8.35. The Labute approximate surface area is 196 Å². The van der Waals surface area contributed by atoms with Crippen molar-refractivity contribution >= 4 is 27.3 Å². The number of amides is 1. The molecule has 4 rings (SSSR count). The van der Waals surface area contributed by atoms with Crippen LogP contribution in [0, 0.1) is 5.92 Å². The minimum Gasteiger partial charge on any atom is -0.493 e. The fraction of sp³-hybridized carbons (Fsp3) is 0.480. The van der Waals surface area contributed by atoms with Gasteiger partial charge in [0.1, 0.15) is 5.75 Å². The second-order valence-electron chi connectivity index (χ2n) is 8.70. The summed E-state index contributed by atoms with van der Waals surface area (Å²) >= 11 is 0. The van der Waals surface area contributed by atoms with Crippen molar-refractivity contribution in [2.75, 3.05) is 43.0 Å². The zero-order chi connectivity index (χ0) is 23.4. The number of hydrogen-bond donors (Lipinski definition) is 1. The van der Waals surface area contributed by atoms with Gasteiger partial charge in [-0.1, -0.05) is 13.8 Å². The standard InChI is InChI=1S/C25H33N3O4S/c1-3-28(4-2)33(30,31)22-13-14-24(27-15-5-6-16-27)23(17-22)26-25(29)20-9-11-21(12-10-20)32-18-19-7-8-19/h9-14,17,19H,3-8,15-16,18H2,1-2H3,(H,26,29). The van der Waals surface area contributed by atoms with Crippen LogP contribution in [0.25, 0.3) is 0 Å². The molecule has 1 aliphatic heterocycles. The van der Waals surface area contributed by atoms with Gasteiger partial charge in [-0.25, -0.2) is 8.42 Å². The van der Waals surface area contributed by atoms with E-state index < -0.39 is 10.0 Å². The number of rotatable bonds is 10. The molecule has 0 radical (unpaired) electrons. The van der Waals surface area contributed by atoms with Crippen LogP contribution in [0.3, 0.4) is 0 Å². The molecule has 0 atom stereocenters. The maximum atomic E-state index is 13.1. The summed E-state index contributed by atoms with van der Waals surface area (Å²) in [6.07, 6.45) is 4.61. The number of sulfonamides is 1. The monoisotopic (exact) mass is 471 g/mol. The van der Waals surface area contributed by atoms with Crippen molar-refractivity contribution in [3.8, 4) is 5.75 Å². The van der Waals surface area contributed by atoms with Crippen LogP contribution < -0.4 is 15.0 Å². The van der Waals surface area contributed by atoms with E-state index in [1.165, 1.54) is 17.1 Å². The number of hydrogen-bond acceptors (Lipinski definition) is 5. The molecule has 0 unspecified atom stereocenters. The van der Waals surface area contributed by atoms with Crippen molar-refractivity contribution in [2.24, 2.45) is 5.92 Å². The number of carbonyl (C=O) groups excluding carboxylic acids is 1. The van der Waals surface area contributed by atoms with Gasteiger partial charge in [-0.3, -0.25) is 4.79 Å². The lowest BCUT2D eigenvalue weighted by atomic mass is 10.2. The smallest absolute Gasteiger partial charge is 0.255 e. The molecule has 33 heavy (non-hydrogen) atoms. The molecule has 2 aromatic carbocycles. The van der Waals surface area contributed by atoms with Gasteiger partial charge in [0.2, 0.25) is 10.0 Å². The summed E-state index contributed by atoms with van der Waals surface area (Å²) in [7, 11) is -3.63. The van der Waals surface area contributed by atoms with Crippen LogP contribution in [0.15, 0.2) is 47.4 Å². The number of anilines is 2. The Morgan fingerprint density at radius 3 is 2.33 bits per heavy atom. The summed E-state index contributed by atoms with van der Waals surface area (Å²) in [6, 6.07) is 12.1. The quantitative estimate of drug-likeness (QED) is 0.557. The Hall–Kier alpha value is -2.58. The summed E-state index contributed by atoms with van der Waals surface area (Å²) < 4.78 is 33.3. The zero-order valence-electron chi connectivity index (χ0n) is 19.4. The SMILES string of the molecule is CCN(CC)S(=O)(=O)c1ccc(N2CCCC2)c(NC(=O)c2ccc(OCC3CC3)cc2)c1. The minimum absolute atomic E-state index is 0.188. The highest BCUT2D eigenvalue weighted by Gasteiger charge is 2.25. The normalized spacial score (nSPS) is 16.3. The fourth-order valence-electron chi connectivity index (χ4n) is 4.12. The lowest BCUT2D eigenvalue weighted by Gasteiger charge is -2.24. The van der Waals surface area contributed by atoms with Crippen LogP contribution >= 0.6 is 0 Å². The Bertz CT molecular complexity index is 1070. The van der Waals surface area contributed by atoms with Gasteiger partial charge in [0.25, 0.3) is 5.91 Å². The molecular weight excluding hydrogens is 438 g/mol. The van der Waals surface area contributed by atoms with Crippen molar-refractivity contribution in [1.29, 1.82) is 0 Å². The largest absolute Gasteiger partial charge is 0.493 e. The van der Waals surface area contributed by atoms with Crippen molar-refractivity contribution < 1.29 is 17.9 Å². The molecule has 1 heterocycles. The van der Waals surface area contributed by atoms with E-state index in [1.54, 1.807) is 36.4 Å². The Morgan fingerprint density at radius 2 is 1.73 bits per heavy atom. The minimum atomic E-state index is -3.63. The van der Waals surface area contributed by atoms with Gasteiger partial charge < -0.3 is 15.0 Å². The molecule has 2 aliphatic rings. The predicted molar refractivity (Wildman–Crippen MR) is 131 cm³/mol. The summed E-state index contributed by atoms with van der Waals surface area (Å²) in [5.41, 5.74) is 1.87. The maximum Gasteiger partial charge on any atom is 0.255 e. The lowest BCUT2D eigenvalue weighted by molar-refractivity contribution is 0.102. The highest BCUT2D eigenvalue weighted by atomic mass is 32.2. The average molecular weight is 472 g/mol. The molecule has 8 heteroatoms. The number of benzene rings is 2. The van der Waals surface area contributed by atoms with Gasteiger partial charge in [0.05, 0.1) is 22.9 Å². The van der Waals surface area contributed by atoms with E-state index in [9.17, 15) is 13.2 Å². The molecule has 178 valence electrons. The Morgan fingerprint density at radius 1 is 1.06 bits per heavy atom. The van der Waals surface area contributed by atoms with E-state index in [-0.39, 0.29) is 10.8 Å². The molecule has 0 spiro atoms. The van der Waals surface area contributed by atoms with Crippen LogP contribution in [0.5, 0.6) is 5.75 Å². The molecule has 7 nitrogen and oxygen atoms in total. The van der Waals surface area contributed by atoms with Crippen molar-refractivity contribution in [2.45, 2.75) is 44.4 Å². The van der Waals surface area contributed by atoms with Crippen LogP contribution in [0.1, 0.15) is 49.9 Å². The highest BCUT2D eigenvalue weighted by molar-refractivity contribution is 7.89. The Balaban J connectivity index is 1.57. The van der Waals surface area contributed by atoms with Gasteiger partial charge in [-0.15, -0.1) is 0 Å². The summed E-state index contributed by atoms with van der Waals surface area (Å²) in [5, 5.41) is 2.97. The summed E-state index contributed by atoms with van der Waals surface area (Å²) in [5.74, 6) is 1.14. The Kier molecular flexibility index (Phi) is 7.24. The second kappa shape index (κ2) is 10.1. The number of nitrogens with zero attached hydrogens (tertiary/aromatic N) is 2. The van der Waals surface area contributed by atoms with Gasteiger partial charge >= 0.3 is 0 Å². The van der Waals surface area contributed by atoms with E-state index in [0.717, 1.165) is 44.0 Å². The molecule has 0 bridgehead atoms. The van der Waals surface area contributed by atoms with Crippen molar-refractivity contribution in [1.82, 2.24) is 4.31 Å². The molecular formula is C25H33N3O4S. The van der Waals surface area contributed by atoms with E-state index in [2.05, 4.69) is 10.2 Å². The van der Waals surface area contributed by atoms with Gasteiger partial charge in [-0.05, 0) is 74.1 Å². The molecule has 0 aromatic heterocycles. The van der Waals surface area contributed by atoms with Crippen LogP contribution in [-0.4, -0.2) is 51.4 Å². The molecule has 1 saturated carbocycles. The molecule has 2 aromatic rings. The van der Waals surface area contributed by atoms with Crippen molar-refractivity contribution in [3.05, 3.63) is 48.0 Å². The van der Waals surface area contributed by atoms with Crippen LogP contribution in [-0.2, 0) is 10.0 Å². The van der Waals surface area contributed by atoms with E-state index in [1.807, 2.05) is 19.9 Å². The van der Waals surface area contributed by atoms with E-state index in [4.69, 9.17) is 4.74 Å².